The topological polar surface area (TPSA) is 43.8 Å². The molecule has 1 heterocycles. The summed E-state index contributed by atoms with van der Waals surface area (Å²) in [6, 6.07) is 14.5. The summed E-state index contributed by atoms with van der Waals surface area (Å²) in [5.74, 6) is 0. The number of aryl methyl sites for hydroxylation is 2. The van der Waals surface area contributed by atoms with Crippen molar-refractivity contribution in [2.75, 3.05) is 0 Å². The lowest BCUT2D eigenvalue weighted by Gasteiger charge is -2.15. The molecule has 20 heavy (non-hydrogen) atoms. The number of aromatic nitrogens is 2. The van der Waals surface area contributed by atoms with Gasteiger partial charge in [-0.25, -0.2) is 0 Å². The van der Waals surface area contributed by atoms with Gasteiger partial charge in [0.2, 0.25) is 0 Å². The predicted molar refractivity (Wildman–Crippen MR) is 82.7 cm³/mol. The van der Waals surface area contributed by atoms with Gasteiger partial charge in [-0.1, -0.05) is 42.5 Å². The molecular formula is C17H19N3. The average Bonchev–Trinajstić information content (AvgIpc) is 2.71. The van der Waals surface area contributed by atoms with E-state index in [2.05, 4.69) is 54.5 Å². The number of nitrogens with zero attached hydrogens (tertiary/aromatic N) is 2. The minimum absolute atomic E-state index is 0.144. The minimum Gasteiger partial charge on any atom is -0.320 e. The first-order valence-corrected chi connectivity index (χ1v) is 6.83. The van der Waals surface area contributed by atoms with Crippen molar-refractivity contribution < 1.29 is 0 Å². The van der Waals surface area contributed by atoms with E-state index < -0.39 is 0 Å². The van der Waals surface area contributed by atoms with Crippen molar-refractivity contribution in [3.8, 4) is 0 Å². The van der Waals surface area contributed by atoms with E-state index in [9.17, 15) is 0 Å². The molecule has 102 valence electrons. The highest BCUT2D eigenvalue weighted by Gasteiger charge is 2.19. The molecule has 2 N–H and O–H groups in total. The van der Waals surface area contributed by atoms with Crippen LogP contribution in [0.4, 0.5) is 0 Å². The Labute approximate surface area is 119 Å². The highest BCUT2D eigenvalue weighted by molar-refractivity contribution is 5.86. The molecule has 3 nitrogen and oxygen atoms in total. The molecule has 0 spiro atoms. The van der Waals surface area contributed by atoms with Gasteiger partial charge in [0.1, 0.15) is 0 Å². The van der Waals surface area contributed by atoms with Crippen LogP contribution in [0.15, 0.2) is 42.5 Å². The van der Waals surface area contributed by atoms with Crippen molar-refractivity contribution in [3.63, 3.8) is 0 Å². The van der Waals surface area contributed by atoms with E-state index in [1.807, 2.05) is 18.7 Å². The highest BCUT2D eigenvalue weighted by Crippen LogP contribution is 2.30. The van der Waals surface area contributed by atoms with Crippen LogP contribution in [0.1, 0.15) is 28.6 Å². The van der Waals surface area contributed by atoms with Gasteiger partial charge < -0.3 is 5.73 Å². The maximum absolute atomic E-state index is 6.54. The van der Waals surface area contributed by atoms with Crippen molar-refractivity contribution in [3.05, 3.63) is 65.0 Å². The summed E-state index contributed by atoms with van der Waals surface area (Å²) in [6.07, 6.45) is 0. The fourth-order valence-electron chi connectivity index (χ4n) is 2.92. The second-order valence-electron chi connectivity index (χ2n) is 5.25. The lowest BCUT2D eigenvalue weighted by atomic mass is 9.93. The van der Waals surface area contributed by atoms with Crippen molar-refractivity contribution >= 4 is 10.8 Å². The van der Waals surface area contributed by atoms with Gasteiger partial charge in [-0.05, 0) is 30.2 Å². The zero-order chi connectivity index (χ0) is 14.3. The molecule has 3 rings (SSSR count). The Balaban J connectivity index is 2.20. The van der Waals surface area contributed by atoms with E-state index in [0.29, 0.717) is 0 Å². The molecule has 0 saturated carbocycles. The molecule has 3 aromatic rings. The normalized spacial score (nSPS) is 12.8. The summed E-state index contributed by atoms with van der Waals surface area (Å²) in [6.45, 7) is 4.09. The first-order valence-electron chi connectivity index (χ1n) is 6.83. The summed E-state index contributed by atoms with van der Waals surface area (Å²) in [4.78, 5) is 0. The van der Waals surface area contributed by atoms with E-state index in [1.165, 1.54) is 10.8 Å². The van der Waals surface area contributed by atoms with Crippen LogP contribution in [-0.2, 0) is 7.05 Å². The highest BCUT2D eigenvalue weighted by atomic mass is 15.3. The quantitative estimate of drug-likeness (QED) is 0.773. The van der Waals surface area contributed by atoms with Crippen molar-refractivity contribution in [2.24, 2.45) is 12.8 Å². The average molecular weight is 265 g/mol. The molecule has 1 atom stereocenters. The molecule has 1 unspecified atom stereocenters. The summed E-state index contributed by atoms with van der Waals surface area (Å²) < 4.78 is 1.90. The number of benzene rings is 2. The largest absolute Gasteiger partial charge is 0.320 e. The molecular weight excluding hydrogens is 246 g/mol. The Morgan fingerprint density at radius 3 is 2.45 bits per heavy atom. The van der Waals surface area contributed by atoms with E-state index in [4.69, 9.17) is 5.73 Å². The van der Waals surface area contributed by atoms with Gasteiger partial charge in [-0.3, -0.25) is 4.68 Å². The molecule has 0 radical (unpaired) electrons. The molecule has 0 amide bonds. The predicted octanol–water partition coefficient (Wildman–Crippen LogP) is 3.24. The summed E-state index contributed by atoms with van der Waals surface area (Å²) in [5, 5.41) is 6.91. The van der Waals surface area contributed by atoms with Crippen LogP contribution in [0.25, 0.3) is 10.8 Å². The van der Waals surface area contributed by atoms with Crippen LogP contribution in [0.5, 0.6) is 0 Å². The molecule has 1 aromatic heterocycles. The first-order chi connectivity index (χ1) is 9.59. The van der Waals surface area contributed by atoms with Crippen LogP contribution >= 0.6 is 0 Å². The molecule has 0 aliphatic rings. The fourth-order valence-corrected chi connectivity index (χ4v) is 2.92. The SMILES string of the molecule is Cc1nn(C)c(C)c1C(N)c1cccc2ccccc12. The van der Waals surface area contributed by atoms with Crippen LogP contribution in [0, 0.1) is 13.8 Å². The molecule has 0 saturated heterocycles. The third-order valence-corrected chi connectivity index (χ3v) is 4.03. The second-order valence-corrected chi connectivity index (χ2v) is 5.25. The van der Waals surface area contributed by atoms with Gasteiger partial charge in [0.15, 0.2) is 0 Å². The second kappa shape index (κ2) is 4.76. The monoisotopic (exact) mass is 265 g/mol. The summed E-state index contributed by atoms with van der Waals surface area (Å²) in [5.41, 5.74) is 11.0. The number of hydrogen-bond acceptors (Lipinski definition) is 2. The van der Waals surface area contributed by atoms with E-state index in [0.717, 1.165) is 22.5 Å². The smallest absolute Gasteiger partial charge is 0.0647 e. The molecule has 0 bridgehead atoms. The van der Waals surface area contributed by atoms with Gasteiger partial charge in [0.05, 0.1) is 11.7 Å². The number of hydrogen-bond donors (Lipinski definition) is 1. The van der Waals surface area contributed by atoms with E-state index >= 15 is 0 Å². The van der Waals surface area contributed by atoms with Gasteiger partial charge in [-0.15, -0.1) is 0 Å². The molecule has 0 aliphatic carbocycles. The van der Waals surface area contributed by atoms with Gasteiger partial charge >= 0.3 is 0 Å². The molecule has 3 heteroatoms. The maximum atomic E-state index is 6.54. The summed E-state index contributed by atoms with van der Waals surface area (Å²) >= 11 is 0. The number of nitrogens with two attached hydrogens (primary N) is 1. The van der Waals surface area contributed by atoms with Gasteiger partial charge in [-0.2, -0.15) is 5.10 Å². The first kappa shape index (κ1) is 12.9. The number of rotatable bonds is 2. The summed E-state index contributed by atoms with van der Waals surface area (Å²) in [7, 11) is 1.96. The zero-order valence-corrected chi connectivity index (χ0v) is 12.1. The standard InChI is InChI=1S/C17H19N3/c1-11-16(12(2)20(3)19-11)17(18)15-10-6-8-13-7-4-5-9-14(13)15/h4-10,17H,18H2,1-3H3. The zero-order valence-electron chi connectivity index (χ0n) is 12.1. The third-order valence-electron chi connectivity index (χ3n) is 4.03. The van der Waals surface area contributed by atoms with E-state index in [-0.39, 0.29) is 6.04 Å². The van der Waals surface area contributed by atoms with Crippen LogP contribution < -0.4 is 5.73 Å². The molecule has 0 fully saturated rings. The van der Waals surface area contributed by atoms with Crippen LogP contribution in [0.3, 0.4) is 0 Å². The minimum atomic E-state index is -0.144. The fraction of sp³-hybridized carbons (Fsp3) is 0.235. The maximum Gasteiger partial charge on any atom is 0.0647 e. The van der Waals surface area contributed by atoms with Gasteiger partial charge in [0.25, 0.3) is 0 Å². The van der Waals surface area contributed by atoms with E-state index in [1.54, 1.807) is 0 Å². The third kappa shape index (κ3) is 1.91. The molecule has 2 aromatic carbocycles. The van der Waals surface area contributed by atoms with Crippen molar-refractivity contribution in [2.45, 2.75) is 19.9 Å². The van der Waals surface area contributed by atoms with Gasteiger partial charge in [0, 0.05) is 18.3 Å². The Morgan fingerprint density at radius 2 is 1.75 bits per heavy atom. The van der Waals surface area contributed by atoms with Crippen molar-refractivity contribution in [1.82, 2.24) is 9.78 Å². The Bertz CT molecular complexity index is 766. The number of fused-ring (bicyclic) bond motifs is 1. The molecule has 0 aliphatic heterocycles. The van der Waals surface area contributed by atoms with Crippen molar-refractivity contribution in [1.29, 1.82) is 0 Å². The van der Waals surface area contributed by atoms with Crippen LogP contribution in [-0.4, -0.2) is 9.78 Å². The lowest BCUT2D eigenvalue weighted by Crippen LogP contribution is -2.14. The Hall–Kier alpha value is -2.13. The Morgan fingerprint density at radius 1 is 1.05 bits per heavy atom. The van der Waals surface area contributed by atoms with Crippen LogP contribution in [0.2, 0.25) is 0 Å². The lowest BCUT2D eigenvalue weighted by molar-refractivity contribution is 0.728. The Kier molecular flexibility index (Phi) is 3.07.